The molecule has 0 aliphatic carbocycles. The van der Waals surface area contributed by atoms with Crippen molar-refractivity contribution in [3.05, 3.63) is 48.0 Å². The number of carbonyl (C=O) groups excluding carboxylic acids is 3. The van der Waals surface area contributed by atoms with Gasteiger partial charge in [-0.3, -0.25) is 14.4 Å². The van der Waals surface area contributed by atoms with Crippen LogP contribution in [0.25, 0.3) is 0 Å². The van der Waals surface area contributed by atoms with Crippen LogP contribution in [0, 0.1) is 0 Å². The molecule has 1 aliphatic heterocycles. The lowest BCUT2D eigenvalue weighted by Gasteiger charge is -2.17. The summed E-state index contributed by atoms with van der Waals surface area (Å²) >= 11 is 0. The van der Waals surface area contributed by atoms with Crippen molar-refractivity contribution >= 4 is 23.4 Å². The summed E-state index contributed by atoms with van der Waals surface area (Å²) in [5.74, 6) is 0.468. The van der Waals surface area contributed by atoms with Crippen LogP contribution in [-0.2, 0) is 9.59 Å². The van der Waals surface area contributed by atoms with E-state index in [0.29, 0.717) is 28.5 Å². The van der Waals surface area contributed by atoms with Crippen molar-refractivity contribution in [1.82, 2.24) is 10.2 Å². The van der Waals surface area contributed by atoms with Crippen LogP contribution in [0.1, 0.15) is 10.4 Å². The fraction of sp³-hybridized carbons (Fsp3) is 0.250. The first-order valence-corrected chi connectivity index (χ1v) is 8.82. The second kappa shape index (κ2) is 8.96. The van der Waals surface area contributed by atoms with Crippen LogP contribution in [0.15, 0.2) is 42.5 Å². The molecule has 9 heteroatoms. The van der Waals surface area contributed by atoms with E-state index < -0.39 is 11.8 Å². The minimum Gasteiger partial charge on any atom is -0.497 e. The standard InChI is InChI=1S/C20H21N3O6/c1-23(11-18(24)22-14-4-3-5-15(9-14)27-2)19(25)10-21-20(26)13-6-7-16-17(8-13)29-12-28-16/h3-9H,10-12H2,1-2H3,(H,21,26)(H,22,24). The smallest absolute Gasteiger partial charge is 0.251 e. The highest BCUT2D eigenvalue weighted by Crippen LogP contribution is 2.32. The lowest BCUT2D eigenvalue weighted by Crippen LogP contribution is -2.41. The fourth-order valence-electron chi connectivity index (χ4n) is 2.64. The lowest BCUT2D eigenvalue weighted by molar-refractivity contribution is -0.132. The molecule has 2 N–H and O–H groups in total. The highest BCUT2D eigenvalue weighted by atomic mass is 16.7. The van der Waals surface area contributed by atoms with E-state index >= 15 is 0 Å². The highest BCUT2D eigenvalue weighted by Gasteiger charge is 2.18. The quantitative estimate of drug-likeness (QED) is 0.726. The van der Waals surface area contributed by atoms with Crippen LogP contribution in [-0.4, -0.2) is 56.7 Å². The summed E-state index contributed by atoms with van der Waals surface area (Å²) in [7, 11) is 3.02. The number of nitrogens with zero attached hydrogens (tertiary/aromatic N) is 1. The van der Waals surface area contributed by atoms with Gasteiger partial charge in [0.15, 0.2) is 11.5 Å². The van der Waals surface area contributed by atoms with E-state index in [1.807, 2.05) is 0 Å². The predicted octanol–water partition coefficient (Wildman–Crippen LogP) is 1.25. The molecule has 0 aromatic heterocycles. The molecule has 29 heavy (non-hydrogen) atoms. The number of benzene rings is 2. The third kappa shape index (κ3) is 5.16. The van der Waals surface area contributed by atoms with Crippen molar-refractivity contribution in [3.63, 3.8) is 0 Å². The molecule has 1 heterocycles. The second-order valence-corrected chi connectivity index (χ2v) is 6.28. The highest BCUT2D eigenvalue weighted by molar-refractivity contribution is 5.98. The van der Waals surface area contributed by atoms with Crippen LogP contribution >= 0.6 is 0 Å². The molecule has 0 spiro atoms. The molecule has 0 unspecified atom stereocenters. The van der Waals surface area contributed by atoms with Crippen LogP contribution in [0.4, 0.5) is 5.69 Å². The van der Waals surface area contributed by atoms with E-state index in [4.69, 9.17) is 14.2 Å². The van der Waals surface area contributed by atoms with Crippen molar-refractivity contribution < 1.29 is 28.6 Å². The number of amides is 3. The average Bonchev–Trinajstić information content (AvgIpc) is 3.19. The molecule has 0 bridgehead atoms. The predicted molar refractivity (Wildman–Crippen MR) is 104 cm³/mol. The minimum atomic E-state index is -0.425. The molecule has 2 aromatic carbocycles. The molecule has 0 atom stereocenters. The molecule has 3 rings (SSSR count). The average molecular weight is 399 g/mol. The first-order valence-electron chi connectivity index (χ1n) is 8.82. The Hall–Kier alpha value is -3.75. The van der Waals surface area contributed by atoms with E-state index in [2.05, 4.69) is 10.6 Å². The van der Waals surface area contributed by atoms with E-state index in [0.717, 1.165) is 0 Å². The maximum Gasteiger partial charge on any atom is 0.251 e. The van der Waals surface area contributed by atoms with Crippen LogP contribution in [0.5, 0.6) is 17.2 Å². The maximum absolute atomic E-state index is 12.2. The summed E-state index contributed by atoms with van der Waals surface area (Å²) in [5, 5.41) is 5.23. The van der Waals surface area contributed by atoms with Crippen molar-refractivity contribution in [3.8, 4) is 17.2 Å². The van der Waals surface area contributed by atoms with Gasteiger partial charge in [0.05, 0.1) is 20.2 Å². The summed E-state index contributed by atoms with van der Waals surface area (Å²) in [6.07, 6.45) is 0. The minimum absolute atomic E-state index is 0.113. The van der Waals surface area contributed by atoms with Crippen LogP contribution in [0.2, 0.25) is 0 Å². The Balaban J connectivity index is 1.47. The number of hydrogen-bond donors (Lipinski definition) is 2. The number of ether oxygens (including phenoxy) is 3. The molecule has 0 radical (unpaired) electrons. The largest absolute Gasteiger partial charge is 0.497 e. The molecule has 9 nitrogen and oxygen atoms in total. The van der Waals surface area contributed by atoms with Crippen molar-refractivity contribution in [1.29, 1.82) is 0 Å². The monoisotopic (exact) mass is 399 g/mol. The number of methoxy groups -OCH3 is 1. The summed E-state index contributed by atoms with van der Waals surface area (Å²) in [6, 6.07) is 11.7. The molecule has 0 fully saturated rings. The third-order valence-electron chi connectivity index (χ3n) is 4.19. The van der Waals surface area contributed by atoms with Crippen LogP contribution in [0.3, 0.4) is 0 Å². The first-order chi connectivity index (χ1) is 14.0. The fourth-order valence-corrected chi connectivity index (χ4v) is 2.64. The Morgan fingerprint density at radius 1 is 1.10 bits per heavy atom. The Bertz CT molecular complexity index is 930. The zero-order valence-corrected chi connectivity index (χ0v) is 16.1. The lowest BCUT2D eigenvalue weighted by atomic mass is 10.2. The topological polar surface area (TPSA) is 106 Å². The number of carbonyl (C=O) groups is 3. The van der Waals surface area contributed by atoms with Crippen LogP contribution < -0.4 is 24.8 Å². The molecule has 0 saturated carbocycles. The van der Waals surface area contributed by atoms with Gasteiger partial charge in [-0.05, 0) is 30.3 Å². The van der Waals surface area contributed by atoms with Gasteiger partial charge in [0.25, 0.3) is 5.91 Å². The van der Waals surface area contributed by atoms with E-state index in [1.165, 1.54) is 19.1 Å². The van der Waals surface area contributed by atoms with Crippen molar-refractivity contribution in [2.24, 2.45) is 0 Å². The number of rotatable bonds is 7. The van der Waals surface area contributed by atoms with E-state index in [9.17, 15) is 14.4 Å². The molecular weight excluding hydrogens is 378 g/mol. The Morgan fingerprint density at radius 2 is 1.90 bits per heavy atom. The maximum atomic E-state index is 12.2. The Kier molecular flexibility index (Phi) is 6.18. The number of hydrogen-bond acceptors (Lipinski definition) is 6. The first kappa shape index (κ1) is 20.0. The summed E-state index contributed by atoms with van der Waals surface area (Å²) in [5.41, 5.74) is 0.909. The van der Waals surface area contributed by atoms with Crippen molar-refractivity contribution in [2.75, 3.05) is 39.4 Å². The third-order valence-corrected chi connectivity index (χ3v) is 4.19. The number of fused-ring (bicyclic) bond motifs is 1. The van der Waals surface area contributed by atoms with Gasteiger partial charge >= 0.3 is 0 Å². The molecule has 0 saturated heterocycles. The zero-order chi connectivity index (χ0) is 20.8. The molecule has 3 amide bonds. The molecule has 2 aromatic rings. The van der Waals surface area contributed by atoms with Gasteiger partial charge in [0.2, 0.25) is 18.6 Å². The van der Waals surface area contributed by atoms with E-state index in [-0.39, 0.29) is 25.8 Å². The van der Waals surface area contributed by atoms with Gasteiger partial charge in [0.1, 0.15) is 5.75 Å². The number of likely N-dealkylation sites (N-methyl/N-ethyl adjacent to an activating group) is 1. The number of nitrogens with one attached hydrogen (secondary N) is 2. The Morgan fingerprint density at radius 3 is 2.69 bits per heavy atom. The summed E-state index contributed by atoms with van der Waals surface area (Å²) in [6.45, 7) is -0.284. The Labute approximate surface area is 167 Å². The van der Waals surface area contributed by atoms with E-state index in [1.54, 1.807) is 42.5 Å². The van der Waals surface area contributed by atoms with Gasteiger partial charge in [0, 0.05) is 24.4 Å². The molecule has 152 valence electrons. The SMILES string of the molecule is COc1cccc(NC(=O)CN(C)C(=O)CNC(=O)c2ccc3c(c2)OCO3)c1. The number of anilines is 1. The molecule has 1 aliphatic rings. The molecular formula is C20H21N3O6. The van der Waals surface area contributed by atoms with Gasteiger partial charge in [-0.2, -0.15) is 0 Å². The second-order valence-electron chi connectivity index (χ2n) is 6.28. The normalized spacial score (nSPS) is 11.5. The van der Waals surface area contributed by atoms with Crippen molar-refractivity contribution in [2.45, 2.75) is 0 Å². The summed E-state index contributed by atoms with van der Waals surface area (Å²) in [4.78, 5) is 37.8. The van der Waals surface area contributed by atoms with Gasteiger partial charge in [-0.15, -0.1) is 0 Å². The van der Waals surface area contributed by atoms with Gasteiger partial charge in [-0.1, -0.05) is 6.07 Å². The van der Waals surface area contributed by atoms with Gasteiger partial charge < -0.3 is 29.7 Å². The van der Waals surface area contributed by atoms with Gasteiger partial charge in [-0.25, -0.2) is 0 Å². The zero-order valence-electron chi connectivity index (χ0n) is 16.1. The summed E-state index contributed by atoms with van der Waals surface area (Å²) < 4.78 is 15.5.